The van der Waals surface area contributed by atoms with Crippen molar-refractivity contribution in [3.63, 3.8) is 0 Å². The molecule has 1 aromatic heterocycles. The summed E-state index contributed by atoms with van der Waals surface area (Å²) >= 11 is 5.60. The Bertz CT molecular complexity index is 301. The van der Waals surface area contributed by atoms with E-state index < -0.39 is 0 Å². The number of rotatable bonds is 0. The van der Waals surface area contributed by atoms with Gasteiger partial charge in [0.15, 0.2) is 5.15 Å². The van der Waals surface area contributed by atoms with E-state index in [1.165, 1.54) is 6.20 Å². The summed E-state index contributed by atoms with van der Waals surface area (Å²) in [6, 6.07) is 0. The average molecular weight is 171 g/mol. The molecular formula is C7H7ClN2O. The van der Waals surface area contributed by atoms with Gasteiger partial charge in [-0.25, -0.2) is 4.98 Å². The molecule has 0 bridgehead atoms. The molecule has 0 amide bonds. The fraction of sp³-hybridized carbons (Fsp3) is 0.429. The van der Waals surface area contributed by atoms with E-state index in [2.05, 4.69) is 4.98 Å². The summed E-state index contributed by atoms with van der Waals surface area (Å²) < 4.78 is 0.831. The summed E-state index contributed by atoms with van der Waals surface area (Å²) in [6.07, 6.45) is 4.05. The van der Waals surface area contributed by atoms with Crippen LogP contribution in [0.15, 0.2) is 6.20 Å². The first kappa shape index (κ1) is 6.85. The van der Waals surface area contributed by atoms with E-state index in [1.54, 1.807) is 0 Å². The number of fused-ring (bicyclic) bond motifs is 1. The molecule has 0 N–H and O–H groups in total. The van der Waals surface area contributed by atoms with Crippen LogP contribution in [0, 0.1) is 5.21 Å². The van der Waals surface area contributed by atoms with Crippen LogP contribution in [-0.4, -0.2) is 4.98 Å². The van der Waals surface area contributed by atoms with Crippen molar-refractivity contribution in [2.45, 2.75) is 19.3 Å². The van der Waals surface area contributed by atoms with Crippen LogP contribution in [0.3, 0.4) is 0 Å². The third-order valence-corrected chi connectivity index (χ3v) is 2.07. The molecule has 11 heavy (non-hydrogen) atoms. The lowest BCUT2D eigenvalue weighted by molar-refractivity contribution is -0.614. The molecule has 1 heterocycles. The second-order valence-electron chi connectivity index (χ2n) is 2.64. The number of nitrogens with zero attached hydrogens (tertiary/aromatic N) is 2. The Morgan fingerprint density at radius 2 is 2.36 bits per heavy atom. The topological polar surface area (TPSA) is 39.8 Å². The third kappa shape index (κ3) is 1.05. The van der Waals surface area contributed by atoms with E-state index in [9.17, 15) is 5.21 Å². The predicted octanol–water partition coefficient (Wildman–Crippen LogP) is 0.857. The van der Waals surface area contributed by atoms with Gasteiger partial charge >= 0.3 is 0 Å². The summed E-state index contributed by atoms with van der Waals surface area (Å²) in [7, 11) is 0. The van der Waals surface area contributed by atoms with E-state index in [4.69, 9.17) is 11.6 Å². The highest BCUT2D eigenvalue weighted by Crippen LogP contribution is 2.17. The molecule has 1 aromatic rings. The van der Waals surface area contributed by atoms with Gasteiger partial charge in [-0.2, -0.15) is 4.73 Å². The normalized spacial score (nSPS) is 15.0. The van der Waals surface area contributed by atoms with Gasteiger partial charge in [0.1, 0.15) is 5.69 Å². The highest BCUT2D eigenvalue weighted by atomic mass is 35.5. The third-order valence-electron chi connectivity index (χ3n) is 1.89. The molecule has 0 spiro atoms. The van der Waals surface area contributed by atoms with Crippen molar-refractivity contribution in [3.05, 3.63) is 27.9 Å². The van der Waals surface area contributed by atoms with Crippen molar-refractivity contribution in [1.29, 1.82) is 0 Å². The molecule has 1 aliphatic carbocycles. The van der Waals surface area contributed by atoms with E-state index >= 15 is 0 Å². The van der Waals surface area contributed by atoms with Crippen LogP contribution in [0.1, 0.15) is 17.8 Å². The van der Waals surface area contributed by atoms with Crippen LogP contribution in [0.5, 0.6) is 0 Å². The molecule has 0 fully saturated rings. The van der Waals surface area contributed by atoms with Crippen LogP contribution in [0.2, 0.25) is 5.15 Å². The Morgan fingerprint density at radius 3 is 3.18 bits per heavy atom. The van der Waals surface area contributed by atoms with Gasteiger partial charge in [-0.15, -0.1) is 0 Å². The summed E-state index contributed by atoms with van der Waals surface area (Å²) in [6.45, 7) is 0. The Hall–Kier alpha value is -0.830. The quantitative estimate of drug-likeness (QED) is 0.428. The number of aryl methyl sites for hydroxylation is 1. The van der Waals surface area contributed by atoms with Gasteiger partial charge < -0.3 is 5.21 Å². The number of hydrogen-bond acceptors (Lipinski definition) is 2. The minimum atomic E-state index is 0.292. The highest BCUT2D eigenvalue weighted by molar-refractivity contribution is 6.29. The monoisotopic (exact) mass is 170 g/mol. The van der Waals surface area contributed by atoms with Gasteiger partial charge in [0, 0.05) is 6.42 Å². The Morgan fingerprint density at radius 1 is 1.55 bits per heavy atom. The van der Waals surface area contributed by atoms with Crippen molar-refractivity contribution in [2.75, 3.05) is 0 Å². The van der Waals surface area contributed by atoms with Crippen LogP contribution in [0.4, 0.5) is 0 Å². The van der Waals surface area contributed by atoms with E-state index in [0.717, 1.165) is 35.4 Å². The second kappa shape index (κ2) is 2.34. The summed E-state index contributed by atoms with van der Waals surface area (Å²) in [4.78, 5) is 4.06. The average Bonchev–Trinajstić information content (AvgIpc) is 2.34. The number of aromatic nitrogens is 2. The molecule has 2 rings (SSSR count). The van der Waals surface area contributed by atoms with E-state index in [-0.39, 0.29) is 0 Å². The maximum atomic E-state index is 11.1. The molecule has 0 unspecified atom stereocenters. The van der Waals surface area contributed by atoms with Gasteiger partial charge in [0.05, 0.1) is 0 Å². The fourth-order valence-electron chi connectivity index (χ4n) is 1.40. The van der Waals surface area contributed by atoms with Gasteiger partial charge in [0.2, 0.25) is 11.9 Å². The lowest BCUT2D eigenvalue weighted by Gasteiger charge is -2.01. The van der Waals surface area contributed by atoms with Crippen molar-refractivity contribution >= 4 is 11.6 Å². The van der Waals surface area contributed by atoms with E-state index in [0.29, 0.717) is 5.15 Å². The highest BCUT2D eigenvalue weighted by Gasteiger charge is 2.21. The lowest BCUT2D eigenvalue weighted by Crippen LogP contribution is -2.31. The maximum Gasteiger partial charge on any atom is 0.218 e. The Labute approximate surface area is 69.2 Å². The Kier molecular flexibility index (Phi) is 1.46. The van der Waals surface area contributed by atoms with E-state index in [1.807, 2.05) is 0 Å². The van der Waals surface area contributed by atoms with Crippen LogP contribution >= 0.6 is 11.6 Å². The van der Waals surface area contributed by atoms with Crippen molar-refractivity contribution in [1.82, 2.24) is 4.98 Å². The van der Waals surface area contributed by atoms with Gasteiger partial charge in [0.25, 0.3) is 0 Å². The van der Waals surface area contributed by atoms with Crippen LogP contribution in [0.25, 0.3) is 0 Å². The first-order chi connectivity index (χ1) is 5.27. The maximum absolute atomic E-state index is 11.1. The number of halogens is 1. The summed E-state index contributed by atoms with van der Waals surface area (Å²) in [5, 5.41) is 11.4. The molecule has 4 heteroatoms. The molecule has 58 valence electrons. The molecule has 1 aliphatic rings. The molecule has 0 radical (unpaired) electrons. The second-order valence-corrected chi connectivity index (χ2v) is 3.02. The largest absolute Gasteiger partial charge is 0.618 e. The molecule has 0 atom stereocenters. The standard InChI is InChI=1S/C7H7ClN2O/c8-7-4-10(11)6-3-1-2-5(6)9-7/h4H,1-3H2. The zero-order valence-electron chi connectivity index (χ0n) is 5.88. The van der Waals surface area contributed by atoms with Crippen LogP contribution in [-0.2, 0) is 12.8 Å². The summed E-state index contributed by atoms with van der Waals surface area (Å²) in [5.41, 5.74) is 1.65. The first-order valence-electron chi connectivity index (χ1n) is 3.55. The minimum absolute atomic E-state index is 0.292. The van der Waals surface area contributed by atoms with Crippen LogP contribution < -0.4 is 4.73 Å². The first-order valence-corrected chi connectivity index (χ1v) is 3.92. The minimum Gasteiger partial charge on any atom is -0.618 e. The van der Waals surface area contributed by atoms with Gasteiger partial charge in [-0.1, -0.05) is 11.6 Å². The van der Waals surface area contributed by atoms with Crippen molar-refractivity contribution in [3.8, 4) is 0 Å². The number of hydrogen-bond donors (Lipinski definition) is 0. The SMILES string of the molecule is [O-][n+]1cc(Cl)nc2c1CCC2. The molecule has 3 nitrogen and oxygen atoms in total. The molecular weight excluding hydrogens is 164 g/mol. The molecule has 0 saturated heterocycles. The smallest absolute Gasteiger partial charge is 0.218 e. The lowest BCUT2D eigenvalue weighted by atomic mass is 10.4. The summed E-state index contributed by atoms with van der Waals surface area (Å²) in [5.74, 6) is 0. The zero-order chi connectivity index (χ0) is 7.84. The predicted molar refractivity (Wildman–Crippen MR) is 40.2 cm³/mol. The molecule has 0 aromatic carbocycles. The fourth-order valence-corrected chi connectivity index (χ4v) is 1.59. The van der Waals surface area contributed by atoms with Crippen molar-refractivity contribution in [2.24, 2.45) is 0 Å². The van der Waals surface area contributed by atoms with Crippen molar-refractivity contribution < 1.29 is 4.73 Å². The molecule has 0 aliphatic heterocycles. The van der Waals surface area contributed by atoms with Gasteiger partial charge in [-0.05, 0) is 12.8 Å². The van der Waals surface area contributed by atoms with Gasteiger partial charge in [-0.3, -0.25) is 0 Å². The zero-order valence-corrected chi connectivity index (χ0v) is 6.64. The Balaban J connectivity index is 2.60. The molecule has 0 saturated carbocycles.